The van der Waals surface area contributed by atoms with Crippen LogP contribution in [0.1, 0.15) is 22.3 Å². The van der Waals surface area contributed by atoms with Crippen molar-refractivity contribution in [1.29, 1.82) is 0 Å². The van der Waals surface area contributed by atoms with Crippen molar-refractivity contribution in [3.8, 4) is 11.5 Å². The molecule has 0 saturated carbocycles. The minimum atomic E-state index is -5.94. The van der Waals surface area contributed by atoms with Crippen LogP contribution in [0.15, 0.2) is 60.7 Å². The summed E-state index contributed by atoms with van der Waals surface area (Å²) in [6.45, 7) is 0. The van der Waals surface area contributed by atoms with Crippen molar-refractivity contribution in [3.05, 3.63) is 129 Å². The first-order valence-electron chi connectivity index (χ1n) is 10.5. The van der Waals surface area contributed by atoms with Gasteiger partial charge in [0.25, 0.3) is 0 Å². The smallest absolute Gasteiger partial charge is 0.422 e. The molecule has 13 heteroatoms. The van der Waals surface area contributed by atoms with E-state index in [9.17, 15) is 35.8 Å². The van der Waals surface area contributed by atoms with Crippen LogP contribution in [-0.4, -0.2) is 5.11 Å². The van der Waals surface area contributed by atoms with Crippen LogP contribution in [0.5, 0.6) is 11.5 Å². The van der Waals surface area contributed by atoms with Crippen LogP contribution in [0.3, 0.4) is 0 Å². The minimum absolute atomic E-state index is 0.287. The van der Waals surface area contributed by atoms with Gasteiger partial charge in [0.05, 0.1) is 5.56 Å². The molecule has 4 aromatic carbocycles. The van der Waals surface area contributed by atoms with Gasteiger partial charge < -0.3 is 9.84 Å². The highest BCUT2D eigenvalue weighted by atomic mass is 19.4. The van der Waals surface area contributed by atoms with Crippen molar-refractivity contribution in [2.75, 3.05) is 0 Å². The Morgan fingerprint density at radius 1 is 0.462 bits per heavy atom. The molecule has 4 aromatic rings. The third-order valence-corrected chi connectivity index (χ3v) is 5.68. The van der Waals surface area contributed by atoms with Gasteiger partial charge in [0, 0.05) is 0 Å². The topological polar surface area (TPSA) is 29.5 Å². The van der Waals surface area contributed by atoms with Crippen LogP contribution in [-0.2, 0) is 11.8 Å². The highest BCUT2D eigenvalue weighted by molar-refractivity contribution is 5.51. The van der Waals surface area contributed by atoms with Crippen molar-refractivity contribution < 1.29 is 58.1 Å². The van der Waals surface area contributed by atoms with E-state index in [0.29, 0.717) is 0 Å². The van der Waals surface area contributed by atoms with E-state index in [0.717, 1.165) is 24.3 Å². The normalized spacial score (nSPS) is 12.1. The molecule has 204 valence electrons. The van der Waals surface area contributed by atoms with E-state index in [1.807, 2.05) is 0 Å². The van der Waals surface area contributed by atoms with Gasteiger partial charge in [0.2, 0.25) is 34.8 Å². The van der Waals surface area contributed by atoms with Crippen LogP contribution in [0.4, 0.5) is 48.3 Å². The average Bonchev–Trinajstić information content (AvgIpc) is 2.90. The number of hydrogen-bond donors (Lipinski definition) is 1. The molecule has 0 radical (unpaired) electrons. The van der Waals surface area contributed by atoms with Crippen molar-refractivity contribution >= 4 is 0 Å². The Morgan fingerprint density at radius 2 is 0.769 bits per heavy atom. The van der Waals surface area contributed by atoms with Crippen molar-refractivity contribution in [1.82, 2.24) is 0 Å². The van der Waals surface area contributed by atoms with E-state index in [-0.39, 0.29) is 11.1 Å². The molecule has 0 bridgehead atoms. The predicted molar refractivity (Wildman–Crippen MR) is 113 cm³/mol. The molecular weight excluding hydrogens is 553 g/mol. The van der Waals surface area contributed by atoms with Crippen LogP contribution in [0, 0.1) is 46.5 Å². The lowest BCUT2D eigenvalue weighted by Crippen LogP contribution is -2.32. The summed E-state index contributed by atoms with van der Waals surface area (Å²) in [5, 5.41) is 11.5. The third kappa shape index (κ3) is 4.46. The maximum atomic E-state index is 15.3. The molecule has 0 heterocycles. The summed E-state index contributed by atoms with van der Waals surface area (Å²) in [5.41, 5.74) is -8.15. The van der Waals surface area contributed by atoms with Crippen molar-refractivity contribution in [2.24, 2.45) is 0 Å². The molecule has 0 aliphatic carbocycles. The molecule has 39 heavy (non-hydrogen) atoms. The Labute approximate surface area is 211 Å². The second-order valence-electron chi connectivity index (χ2n) is 7.96. The predicted octanol–water partition coefficient (Wildman–Crippen LogP) is 7.89. The first-order valence-corrected chi connectivity index (χ1v) is 10.5. The standard InChI is InChI=1S/C26H11F11O2/c27-15-13(25(38,11-7-3-1-4-8-11)12-9-5-2-6-10-12)16(28)20(32)23(19(15)31)39-24-21(33)17(29)14(26(35,36)37)18(30)22(24)34/h1-10,38H. The zero-order valence-corrected chi connectivity index (χ0v) is 18.8. The van der Waals surface area contributed by atoms with Gasteiger partial charge in [-0.2, -0.15) is 30.7 Å². The van der Waals surface area contributed by atoms with Gasteiger partial charge in [-0.3, -0.25) is 0 Å². The van der Waals surface area contributed by atoms with Gasteiger partial charge in [-0.15, -0.1) is 0 Å². The molecule has 0 aromatic heterocycles. The summed E-state index contributed by atoms with van der Waals surface area (Å²) < 4.78 is 160. The molecule has 0 saturated heterocycles. The molecule has 0 unspecified atom stereocenters. The maximum absolute atomic E-state index is 15.3. The number of aliphatic hydroxyl groups is 1. The fraction of sp³-hybridized carbons (Fsp3) is 0.0769. The number of halogens is 11. The molecule has 0 amide bonds. The van der Waals surface area contributed by atoms with E-state index < -0.39 is 80.9 Å². The Bertz CT molecular complexity index is 1460. The largest absolute Gasteiger partial charge is 0.444 e. The van der Waals surface area contributed by atoms with Gasteiger partial charge in [-0.05, 0) is 11.1 Å². The molecule has 0 atom stereocenters. The lowest BCUT2D eigenvalue weighted by molar-refractivity contribution is -0.143. The summed E-state index contributed by atoms with van der Waals surface area (Å²) in [4.78, 5) is 0. The number of alkyl halides is 3. The molecule has 2 nitrogen and oxygen atoms in total. The van der Waals surface area contributed by atoms with Crippen LogP contribution in [0.25, 0.3) is 0 Å². The molecule has 1 N–H and O–H groups in total. The SMILES string of the molecule is OC(c1ccccc1)(c1ccccc1)c1c(F)c(F)c(Oc2c(F)c(F)c(C(F)(F)F)c(F)c2F)c(F)c1F. The van der Waals surface area contributed by atoms with E-state index in [1.165, 1.54) is 36.4 Å². The lowest BCUT2D eigenvalue weighted by atomic mass is 9.79. The summed E-state index contributed by atoms with van der Waals surface area (Å²) in [6.07, 6.45) is -5.94. The van der Waals surface area contributed by atoms with Gasteiger partial charge in [0.1, 0.15) is 11.2 Å². The Morgan fingerprint density at radius 3 is 1.08 bits per heavy atom. The van der Waals surface area contributed by atoms with Crippen LogP contribution < -0.4 is 4.74 Å². The third-order valence-electron chi connectivity index (χ3n) is 5.68. The highest BCUT2D eigenvalue weighted by Gasteiger charge is 2.45. The first kappa shape index (κ1) is 27.9. The Hall–Kier alpha value is -4.13. The fourth-order valence-electron chi connectivity index (χ4n) is 3.88. The number of hydrogen-bond acceptors (Lipinski definition) is 2. The molecule has 0 fully saturated rings. The van der Waals surface area contributed by atoms with E-state index in [4.69, 9.17) is 0 Å². The molecular formula is C26H11F11O2. The summed E-state index contributed by atoms with van der Waals surface area (Å²) in [7, 11) is 0. The maximum Gasteiger partial charge on any atom is 0.422 e. The summed E-state index contributed by atoms with van der Waals surface area (Å²) >= 11 is 0. The van der Waals surface area contributed by atoms with E-state index in [2.05, 4.69) is 4.74 Å². The van der Waals surface area contributed by atoms with Gasteiger partial charge >= 0.3 is 6.18 Å². The minimum Gasteiger partial charge on any atom is -0.444 e. The number of ether oxygens (including phenoxy) is 1. The molecule has 0 spiro atoms. The van der Waals surface area contributed by atoms with Gasteiger partial charge in [-0.1, -0.05) is 60.7 Å². The molecule has 0 aliphatic rings. The van der Waals surface area contributed by atoms with Crippen LogP contribution in [0.2, 0.25) is 0 Å². The first-order chi connectivity index (χ1) is 18.2. The molecule has 0 aliphatic heterocycles. The Kier molecular flexibility index (Phi) is 7.06. The Balaban J connectivity index is 1.97. The molecule has 4 rings (SSSR count). The van der Waals surface area contributed by atoms with Crippen molar-refractivity contribution in [2.45, 2.75) is 11.8 Å². The van der Waals surface area contributed by atoms with E-state index >= 15 is 17.6 Å². The van der Waals surface area contributed by atoms with E-state index in [1.54, 1.807) is 0 Å². The lowest BCUT2D eigenvalue weighted by Gasteiger charge is -2.31. The zero-order chi connectivity index (χ0) is 28.9. The van der Waals surface area contributed by atoms with Crippen LogP contribution >= 0.6 is 0 Å². The average molecular weight is 564 g/mol. The number of benzene rings is 4. The van der Waals surface area contributed by atoms with Gasteiger partial charge in [-0.25, -0.2) is 17.6 Å². The fourth-order valence-corrected chi connectivity index (χ4v) is 3.88. The number of rotatable bonds is 5. The second-order valence-corrected chi connectivity index (χ2v) is 7.96. The summed E-state index contributed by atoms with van der Waals surface area (Å²) in [5.74, 6) is -26.4. The second kappa shape index (κ2) is 9.88. The summed E-state index contributed by atoms with van der Waals surface area (Å²) in [6, 6.07) is 12.8. The quantitative estimate of drug-likeness (QED) is 0.152. The zero-order valence-electron chi connectivity index (χ0n) is 18.8. The van der Waals surface area contributed by atoms with Crippen molar-refractivity contribution in [3.63, 3.8) is 0 Å². The monoisotopic (exact) mass is 564 g/mol. The van der Waals surface area contributed by atoms with Gasteiger partial charge in [0.15, 0.2) is 23.3 Å². The highest BCUT2D eigenvalue weighted by Crippen LogP contribution is 2.45.